The SMILES string of the molecule is NNC(=S)/N=C/c1ccco1. The quantitative estimate of drug-likeness (QED) is 0.277. The molecule has 4 nitrogen and oxygen atoms in total. The van der Waals surface area contributed by atoms with Crippen molar-refractivity contribution in [3.05, 3.63) is 24.2 Å². The molecule has 0 saturated carbocycles. The molecule has 0 bridgehead atoms. The zero-order chi connectivity index (χ0) is 8.10. The van der Waals surface area contributed by atoms with E-state index in [0.717, 1.165) is 0 Å². The Morgan fingerprint density at radius 1 is 1.82 bits per heavy atom. The van der Waals surface area contributed by atoms with Crippen LogP contribution in [0.4, 0.5) is 0 Å². The van der Waals surface area contributed by atoms with Crippen LogP contribution < -0.4 is 11.3 Å². The van der Waals surface area contributed by atoms with Crippen molar-refractivity contribution in [3.63, 3.8) is 0 Å². The van der Waals surface area contributed by atoms with Gasteiger partial charge in [-0.05, 0) is 24.4 Å². The minimum Gasteiger partial charge on any atom is -0.463 e. The van der Waals surface area contributed by atoms with E-state index in [-0.39, 0.29) is 5.11 Å². The van der Waals surface area contributed by atoms with E-state index in [0.29, 0.717) is 5.76 Å². The van der Waals surface area contributed by atoms with Crippen molar-refractivity contribution in [1.82, 2.24) is 5.43 Å². The number of thiocarbonyl (C=S) groups is 1. The largest absolute Gasteiger partial charge is 0.463 e. The molecule has 5 heteroatoms. The molecule has 1 heterocycles. The summed E-state index contributed by atoms with van der Waals surface area (Å²) < 4.78 is 4.95. The predicted molar refractivity (Wildman–Crippen MR) is 46.2 cm³/mol. The van der Waals surface area contributed by atoms with Gasteiger partial charge in [-0.2, -0.15) is 0 Å². The van der Waals surface area contributed by atoms with E-state index in [1.165, 1.54) is 6.21 Å². The van der Waals surface area contributed by atoms with Gasteiger partial charge < -0.3 is 4.42 Å². The van der Waals surface area contributed by atoms with Gasteiger partial charge in [-0.1, -0.05) is 0 Å². The average Bonchev–Trinajstić information content (AvgIpc) is 2.52. The van der Waals surface area contributed by atoms with Crippen molar-refractivity contribution in [2.45, 2.75) is 0 Å². The molecule has 0 spiro atoms. The van der Waals surface area contributed by atoms with E-state index in [2.05, 4.69) is 22.6 Å². The van der Waals surface area contributed by atoms with Gasteiger partial charge in [-0.3, -0.25) is 5.43 Å². The maximum absolute atomic E-state index is 4.98. The molecular formula is C6H7N3OS. The van der Waals surface area contributed by atoms with Crippen molar-refractivity contribution in [2.75, 3.05) is 0 Å². The van der Waals surface area contributed by atoms with Gasteiger partial charge in [0.05, 0.1) is 12.5 Å². The van der Waals surface area contributed by atoms with Crippen molar-refractivity contribution in [3.8, 4) is 0 Å². The number of rotatable bonds is 1. The van der Waals surface area contributed by atoms with Crippen molar-refractivity contribution in [2.24, 2.45) is 10.8 Å². The first-order valence-corrected chi connectivity index (χ1v) is 3.32. The molecule has 58 valence electrons. The summed E-state index contributed by atoms with van der Waals surface area (Å²) >= 11 is 4.65. The predicted octanol–water partition coefficient (Wildman–Crippen LogP) is 0.447. The van der Waals surface area contributed by atoms with Crippen molar-refractivity contribution >= 4 is 23.5 Å². The minimum absolute atomic E-state index is 0.224. The second kappa shape index (κ2) is 3.85. The van der Waals surface area contributed by atoms with Gasteiger partial charge in [0.15, 0.2) is 0 Å². The van der Waals surface area contributed by atoms with Crippen LogP contribution in [-0.4, -0.2) is 11.3 Å². The molecule has 0 radical (unpaired) electrons. The molecule has 1 aromatic rings. The van der Waals surface area contributed by atoms with Crippen LogP contribution in [0.1, 0.15) is 5.76 Å². The molecule has 0 aliphatic carbocycles. The number of hydrogen-bond acceptors (Lipinski definition) is 3. The zero-order valence-corrected chi connectivity index (χ0v) is 6.47. The summed E-state index contributed by atoms with van der Waals surface area (Å²) in [5.74, 6) is 5.62. The van der Waals surface area contributed by atoms with E-state index in [1.54, 1.807) is 18.4 Å². The number of hydrazine groups is 1. The smallest absolute Gasteiger partial charge is 0.207 e. The first-order valence-electron chi connectivity index (χ1n) is 2.91. The van der Waals surface area contributed by atoms with E-state index in [9.17, 15) is 0 Å². The molecule has 0 amide bonds. The third kappa shape index (κ3) is 2.48. The summed E-state index contributed by atoms with van der Waals surface area (Å²) in [5.41, 5.74) is 2.22. The fraction of sp³-hybridized carbons (Fsp3) is 0. The zero-order valence-electron chi connectivity index (χ0n) is 5.65. The van der Waals surface area contributed by atoms with Gasteiger partial charge in [0, 0.05) is 0 Å². The first kappa shape index (κ1) is 7.90. The lowest BCUT2D eigenvalue weighted by molar-refractivity contribution is 0.560. The summed E-state index contributed by atoms with van der Waals surface area (Å²) in [6.07, 6.45) is 3.04. The van der Waals surface area contributed by atoms with Crippen LogP contribution in [0.15, 0.2) is 27.8 Å². The molecule has 1 aromatic heterocycles. The highest BCUT2D eigenvalue weighted by molar-refractivity contribution is 7.80. The maximum atomic E-state index is 4.98. The van der Waals surface area contributed by atoms with Gasteiger partial charge >= 0.3 is 0 Å². The average molecular weight is 169 g/mol. The van der Waals surface area contributed by atoms with Crippen LogP contribution in [0, 0.1) is 0 Å². The van der Waals surface area contributed by atoms with E-state index < -0.39 is 0 Å². The van der Waals surface area contributed by atoms with E-state index in [4.69, 9.17) is 10.3 Å². The van der Waals surface area contributed by atoms with E-state index in [1.807, 2.05) is 0 Å². The Bertz CT molecular complexity index is 255. The lowest BCUT2D eigenvalue weighted by atomic mass is 10.5. The molecular weight excluding hydrogens is 162 g/mol. The number of furan rings is 1. The van der Waals surface area contributed by atoms with Crippen molar-refractivity contribution < 1.29 is 4.42 Å². The summed E-state index contributed by atoms with van der Waals surface area (Å²) in [7, 11) is 0. The molecule has 0 unspecified atom stereocenters. The Hall–Kier alpha value is -1.20. The highest BCUT2D eigenvalue weighted by Crippen LogP contribution is 1.94. The van der Waals surface area contributed by atoms with Crippen LogP contribution in [0.25, 0.3) is 0 Å². The van der Waals surface area contributed by atoms with Gasteiger partial charge in [-0.15, -0.1) is 0 Å². The molecule has 0 saturated heterocycles. The van der Waals surface area contributed by atoms with Gasteiger partial charge in [0.2, 0.25) is 5.11 Å². The van der Waals surface area contributed by atoms with Gasteiger partial charge in [0.25, 0.3) is 0 Å². The third-order valence-electron chi connectivity index (χ3n) is 0.976. The number of nitrogens with two attached hydrogens (primary N) is 1. The molecule has 0 fully saturated rings. The van der Waals surface area contributed by atoms with Crippen LogP contribution >= 0.6 is 12.2 Å². The molecule has 3 N–H and O–H groups in total. The first-order chi connectivity index (χ1) is 5.33. The van der Waals surface area contributed by atoms with Crippen LogP contribution in [0.2, 0.25) is 0 Å². The number of nitrogens with zero attached hydrogens (tertiary/aromatic N) is 1. The van der Waals surface area contributed by atoms with Crippen LogP contribution in [-0.2, 0) is 0 Å². The number of hydrogen-bond donors (Lipinski definition) is 2. The second-order valence-corrected chi connectivity index (χ2v) is 2.11. The van der Waals surface area contributed by atoms with Crippen molar-refractivity contribution in [1.29, 1.82) is 0 Å². The fourth-order valence-electron chi connectivity index (χ4n) is 0.524. The lowest BCUT2D eigenvalue weighted by Crippen LogP contribution is -2.26. The number of aliphatic imine (C=N–C) groups is 1. The Morgan fingerprint density at radius 2 is 2.64 bits per heavy atom. The van der Waals surface area contributed by atoms with E-state index >= 15 is 0 Å². The molecule has 0 atom stereocenters. The van der Waals surface area contributed by atoms with Crippen LogP contribution in [0.3, 0.4) is 0 Å². The monoisotopic (exact) mass is 169 g/mol. The molecule has 1 rings (SSSR count). The Labute approximate surface area is 69.1 Å². The van der Waals surface area contributed by atoms with Gasteiger partial charge in [-0.25, -0.2) is 10.8 Å². The van der Waals surface area contributed by atoms with Crippen LogP contribution in [0.5, 0.6) is 0 Å². The second-order valence-electron chi connectivity index (χ2n) is 1.72. The topological polar surface area (TPSA) is 63.5 Å². The number of nitrogens with one attached hydrogen (secondary N) is 1. The standard InChI is InChI=1S/C6H7N3OS/c7-9-6(11)8-4-5-2-1-3-10-5/h1-4H,7H2,(H,9,11)/b8-4+. The Balaban J connectivity index is 2.55. The van der Waals surface area contributed by atoms with Gasteiger partial charge in [0.1, 0.15) is 5.76 Å². The summed E-state index contributed by atoms with van der Waals surface area (Å²) in [5, 5.41) is 0.224. The fourth-order valence-corrected chi connectivity index (χ4v) is 0.577. The Morgan fingerprint density at radius 3 is 3.18 bits per heavy atom. The normalized spacial score (nSPS) is 10.3. The minimum atomic E-state index is 0.224. The summed E-state index contributed by atoms with van der Waals surface area (Å²) in [4.78, 5) is 3.76. The molecule has 0 aliphatic rings. The maximum Gasteiger partial charge on any atom is 0.207 e. The Kier molecular flexibility index (Phi) is 2.76. The summed E-state index contributed by atoms with van der Waals surface area (Å²) in [6, 6.07) is 3.53. The lowest BCUT2D eigenvalue weighted by Gasteiger charge is -1.90. The summed E-state index contributed by atoms with van der Waals surface area (Å²) in [6.45, 7) is 0. The third-order valence-corrected chi connectivity index (χ3v) is 1.20. The highest BCUT2D eigenvalue weighted by atomic mass is 32.1. The highest BCUT2D eigenvalue weighted by Gasteiger charge is 1.88. The molecule has 0 aromatic carbocycles. The molecule has 11 heavy (non-hydrogen) atoms. The molecule has 0 aliphatic heterocycles.